The van der Waals surface area contributed by atoms with E-state index in [1.165, 1.54) is 0 Å². The summed E-state index contributed by atoms with van der Waals surface area (Å²) >= 11 is 0. The van der Waals surface area contributed by atoms with Gasteiger partial charge in [-0.1, -0.05) is 19.1 Å². The maximum atomic E-state index is 12.2. The molecular formula is C15H19N3O2. The summed E-state index contributed by atoms with van der Waals surface area (Å²) in [7, 11) is 1.63. The van der Waals surface area contributed by atoms with Gasteiger partial charge in [0.25, 0.3) is 0 Å². The van der Waals surface area contributed by atoms with Crippen LogP contribution in [0.2, 0.25) is 0 Å². The summed E-state index contributed by atoms with van der Waals surface area (Å²) in [5.74, 6) is 1.40. The summed E-state index contributed by atoms with van der Waals surface area (Å²) in [4.78, 5) is 19.3. The largest absolute Gasteiger partial charge is 0.497 e. The van der Waals surface area contributed by atoms with Gasteiger partial charge < -0.3 is 15.0 Å². The van der Waals surface area contributed by atoms with Crippen molar-refractivity contribution in [2.75, 3.05) is 7.11 Å². The highest BCUT2D eigenvalue weighted by Gasteiger charge is 2.18. The second-order valence-corrected chi connectivity index (χ2v) is 4.49. The second kappa shape index (κ2) is 6.75. The summed E-state index contributed by atoms with van der Waals surface area (Å²) < 4.78 is 5.13. The Morgan fingerprint density at radius 3 is 2.70 bits per heavy atom. The smallest absolute Gasteiger partial charge is 0.227 e. The number of hydrogen-bond donors (Lipinski definition) is 2. The van der Waals surface area contributed by atoms with Crippen LogP contribution in [-0.4, -0.2) is 23.0 Å². The van der Waals surface area contributed by atoms with Crippen molar-refractivity contribution < 1.29 is 9.53 Å². The molecule has 1 amide bonds. The summed E-state index contributed by atoms with van der Waals surface area (Å²) in [6.45, 7) is 2.42. The Labute approximate surface area is 118 Å². The molecule has 106 valence electrons. The van der Waals surface area contributed by atoms with E-state index in [0.29, 0.717) is 6.54 Å². The van der Waals surface area contributed by atoms with Crippen LogP contribution in [0.1, 0.15) is 30.7 Å². The van der Waals surface area contributed by atoms with E-state index in [1.54, 1.807) is 19.5 Å². The third-order valence-corrected chi connectivity index (χ3v) is 3.23. The van der Waals surface area contributed by atoms with Gasteiger partial charge in [0.15, 0.2) is 0 Å². The van der Waals surface area contributed by atoms with Crippen LogP contribution >= 0.6 is 0 Å². The van der Waals surface area contributed by atoms with Gasteiger partial charge in [-0.2, -0.15) is 0 Å². The van der Waals surface area contributed by atoms with Crippen LogP contribution in [0.25, 0.3) is 0 Å². The molecule has 5 nitrogen and oxygen atoms in total. The van der Waals surface area contributed by atoms with E-state index in [0.717, 1.165) is 23.6 Å². The highest BCUT2D eigenvalue weighted by atomic mass is 16.5. The van der Waals surface area contributed by atoms with Crippen molar-refractivity contribution >= 4 is 5.91 Å². The standard InChI is InChI=1S/C15H19N3O2/c1-3-13(11-4-6-12(20-2)7-5-11)15(19)18-10-14-16-8-9-17-14/h4-9,13H,3,10H2,1-2H3,(H,16,17)(H,18,19)/t13-/m1/s1. The molecule has 0 radical (unpaired) electrons. The Hall–Kier alpha value is -2.30. The van der Waals surface area contributed by atoms with Gasteiger partial charge in [0.05, 0.1) is 19.6 Å². The monoisotopic (exact) mass is 273 g/mol. The van der Waals surface area contributed by atoms with Gasteiger partial charge in [-0.05, 0) is 24.1 Å². The number of ether oxygens (including phenoxy) is 1. The number of methoxy groups -OCH3 is 1. The summed E-state index contributed by atoms with van der Waals surface area (Å²) in [6, 6.07) is 7.61. The fourth-order valence-corrected chi connectivity index (χ4v) is 2.10. The molecule has 0 bridgehead atoms. The number of carbonyl (C=O) groups is 1. The zero-order valence-corrected chi connectivity index (χ0v) is 11.7. The average Bonchev–Trinajstić information content (AvgIpc) is 3.00. The third kappa shape index (κ3) is 3.38. The molecule has 2 N–H and O–H groups in total. The van der Waals surface area contributed by atoms with Gasteiger partial charge >= 0.3 is 0 Å². The Kier molecular flexibility index (Phi) is 4.76. The Morgan fingerprint density at radius 2 is 2.15 bits per heavy atom. The van der Waals surface area contributed by atoms with Gasteiger partial charge in [-0.3, -0.25) is 4.79 Å². The number of aromatic nitrogens is 2. The zero-order valence-electron chi connectivity index (χ0n) is 11.7. The van der Waals surface area contributed by atoms with E-state index in [-0.39, 0.29) is 11.8 Å². The van der Waals surface area contributed by atoms with Gasteiger partial charge in [0.1, 0.15) is 11.6 Å². The van der Waals surface area contributed by atoms with E-state index in [9.17, 15) is 4.79 Å². The maximum Gasteiger partial charge on any atom is 0.227 e. The fourth-order valence-electron chi connectivity index (χ4n) is 2.10. The first kappa shape index (κ1) is 14.1. The summed E-state index contributed by atoms with van der Waals surface area (Å²) in [5.41, 5.74) is 0.991. The summed E-state index contributed by atoms with van der Waals surface area (Å²) in [6.07, 6.45) is 4.15. The van der Waals surface area contributed by atoms with Crippen molar-refractivity contribution in [1.29, 1.82) is 0 Å². The van der Waals surface area contributed by atoms with Crippen LogP contribution in [0.4, 0.5) is 0 Å². The van der Waals surface area contributed by atoms with Gasteiger partial charge in [0.2, 0.25) is 5.91 Å². The molecule has 0 aliphatic heterocycles. The number of H-pyrrole nitrogens is 1. The minimum atomic E-state index is -0.157. The zero-order chi connectivity index (χ0) is 14.4. The quantitative estimate of drug-likeness (QED) is 0.848. The number of nitrogens with zero attached hydrogens (tertiary/aromatic N) is 1. The minimum Gasteiger partial charge on any atom is -0.497 e. The van der Waals surface area contributed by atoms with E-state index in [2.05, 4.69) is 15.3 Å². The Morgan fingerprint density at radius 1 is 1.40 bits per heavy atom. The molecule has 0 fully saturated rings. The first-order valence-corrected chi connectivity index (χ1v) is 6.64. The molecule has 0 unspecified atom stereocenters. The predicted molar refractivity (Wildman–Crippen MR) is 76.5 cm³/mol. The first-order valence-electron chi connectivity index (χ1n) is 6.64. The van der Waals surface area contributed by atoms with Crippen molar-refractivity contribution in [3.8, 4) is 5.75 Å². The molecule has 1 atom stereocenters. The second-order valence-electron chi connectivity index (χ2n) is 4.49. The van der Waals surface area contributed by atoms with Crippen LogP contribution in [-0.2, 0) is 11.3 Å². The summed E-state index contributed by atoms with van der Waals surface area (Å²) in [5, 5.41) is 2.90. The van der Waals surface area contributed by atoms with Crippen molar-refractivity contribution in [3.63, 3.8) is 0 Å². The van der Waals surface area contributed by atoms with E-state index < -0.39 is 0 Å². The lowest BCUT2D eigenvalue weighted by atomic mass is 9.95. The molecule has 1 aromatic carbocycles. The van der Waals surface area contributed by atoms with Gasteiger partial charge in [-0.25, -0.2) is 4.98 Å². The molecule has 0 saturated carbocycles. The molecule has 1 aromatic heterocycles. The van der Waals surface area contributed by atoms with Crippen LogP contribution in [0, 0.1) is 0 Å². The fraction of sp³-hybridized carbons (Fsp3) is 0.333. The number of nitrogens with one attached hydrogen (secondary N) is 2. The molecular weight excluding hydrogens is 254 g/mol. The molecule has 0 spiro atoms. The number of amides is 1. The predicted octanol–water partition coefficient (Wildman–Crippen LogP) is 2.23. The number of hydrogen-bond acceptors (Lipinski definition) is 3. The van der Waals surface area contributed by atoms with Crippen molar-refractivity contribution in [3.05, 3.63) is 48.0 Å². The Balaban J connectivity index is 2.00. The molecule has 1 heterocycles. The third-order valence-electron chi connectivity index (χ3n) is 3.23. The molecule has 2 rings (SSSR count). The average molecular weight is 273 g/mol. The molecule has 5 heteroatoms. The molecule has 0 aliphatic carbocycles. The first-order chi connectivity index (χ1) is 9.74. The molecule has 0 aliphatic rings. The van der Waals surface area contributed by atoms with Crippen molar-refractivity contribution in [2.45, 2.75) is 25.8 Å². The number of aromatic amines is 1. The van der Waals surface area contributed by atoms with Crippen LogP contribution in [0.5, 0.6) is 5.75 Å². The molecule has 0 saturated heterocycles. The lowest BCUT2D eigenvalue weighted by molar-refractivity contribution is -0.122. The van der Waals surface area contributed by atoms with E-state index >= 15 is 0 Å². The number of benzene rings is 1. The number of imidazole rings is 1. The van der Waals surface area contributed by atoms with Crippen LogP contribution in [0.15, 0.2) is 36.7 Å². The minimum absolute atomic E-state index is 0.00840. The van der Waals surface area contributed by atoms with Crippen LogP contribution < -0.4 is 10.1 Å². The number of carbonyl (C=O) groups excluding carboxylic acids is 1. The van der Waals surface area contributed by atoms with Gasteiger partial charge in [-0.15, -0.1) is 0 Å². The lowest BCUT2D eigenvalue weighted by Crippen LogP contribution is -2.29. The highest BCUT2D eigenvalue weighted by Crippen LogP contribution is 2.22. The molecule has 2 aromatic rings. The highest BCUT2D eigenvalue weighted by molar-refractivity contribution is 5.83. The topological polar surface area (TPSA) is 67.0 Å². The van der Waals surface area contributed by atoms with E-state index in [4.69, 9.17) is 4.74 Å². The van der Waals surface area contributed by atoms with Gasteiger partial charge in [0, 0.05) is 12.4 Å². The SMILES string of the molecule is CC[C@@H](C(=O)NCc1ncc[nH]1)c1ccc(OC)cc1. The van der Waals surface area contributed by atoms with Crippen molar-refractivity contribution in [2.24, 2.45) is 0 Å². The molecule has 20 heavy (non-hydrogen) atoms. The maximum absolute atomic E-state index is 12.2. The van der Waals surface area contributed by atoms with Crippen molar-refractivity contribution in [1.82, 2.24) is 15.3 Å². The van der Waals surface area contributed by atoms with Crippen LogP contribution in [0.3, 0.4) is 0 Å². The Bertz CT molecular complexity index is 535. The number of rotatable bonds is 6. The normalized spacial score (nSPS) is 11.9. The van der Waals surface area contributed by atoms with E-state index in [1.807, 2.05) is 31.2 Å². The lowest BCUT2D eigenvalue weighted by Gasteiger charge is -2.15.